The van der Waals surface area contributed by atoms with Crippen LogP contribution in [0.4, 0.5) is 5.69 Å². The van der Waals surface area contributed by atoms with Gasteiger partial charge in [-0.3, -0.25) is 19.3 Å². The minimum absolute atomic E-state index is 0.0620. The van der Waals surface area contributed by atoms with Crippen LogP contribution in [0.5, 0.6) is 0 Å². The molecule has 140 valence electrons. The second kappa shape index (κ2) is 6.94. The smallest absolute Gasteiger partial charge is 0.235 e. The van der Waals surface area contributed by atoms with Gasteiger partial charge >= 0.3 is 0 Å². The van der Waals surface area contributed by atoms with E-state index in [1.807, 2.05) is 45.0 Å². The molecule has 2 bridgehead atoms. The topological polar surface area (TPSA) is 66.5 Å². The van der Waals surface area contributed by atoms with Crippen molar-refractivity contribution < 1.29 is 14.4 Å². The fourth-order valence-corrected chi connectivity index (χ4v) is 4.63. The van der Waals surface area contributed by atoms with Crippen LogP contribution in [-0.4, -0.2) is 29.2 Å². The normalized spacial score (nSPS) is 26.9. The van der Waals surface area contributed by atoms with E-state index in [0.717, 1.165) is 22.1 Å². The van der Waals surface area contributed by atoms with Crippen molar-refractivity contribution in [3.63, 3.8) is 0 Å². The number of rotatable bonds is 5. The molecule has 1 saturated heterocycles. The van der Waals surface area contributed by atoms with Gasteiger partial charge in [0.1, 0.15) is 0 Å². The molecule has 26 heavy (non-hydrogen) atoms. The highest BCUT2D eigenvalue weighted by molar-refractivity contribution is 14.1. The highest BCUT2D eigenvalue weighted by Crippen LogP contribution is 2.60. The van der Waals surface area contributed by atoms with E-state index in [1.54, 1.807) is 0 Å². The number of nitrogens with zero attached hydrogens (tertiary/aromatic N) is 1. The molecule has 2 atom stereocenters. The quantitative estimate of drug-likeness (QED) is 0.528. The number of likely N-dealkylation sites (tertiary alicyclic amines) is 1. The van der Waals surface area contributed by atoms with Crippen LogP contribution in [0.2, 0.25) is 0 Å². The molecule has 0 radical (unpaired) electrons. The maximum Gasteiger partial charge on any atom is 0.235 e. The molecule has 0 aromatic heterocycles. The van der Waals surface area contributed by atoms with Gasteiger partial charge in [0.2, 0.25) is 17.7 Å². The van der Waals surface area contributed by atoms with E-state index in [-0.39, 0.29) is 35.5 Å². The first-order chi connectivity index (χ1) is 12.2. The highest BCUT2D eigenvalue weighted by atomic mass is 127. The minimum Gasteiger partial charge on any atom is -0.326 e. The van der Waals surface area contributed by atoms with Gasteiger partial charge in [-0.2, -0.15) is 0 Å². The molecule has 2 fully saturated rings. The predicted molar refractivity (Wildman–Crippen MR) is 108 cm³/mol. The van der Waals surface area contributed by atoms with Crippen molar-refractivity contribution in [2.24, 2.45) is 16.7 Å². The van der Waals surface area contributed by atoms with Crippen molar-refractivity contribution >= 4 is 46.0 Å². The van der Waals surface area contributed by atoms with Crippen molar-refractivity contribution in [2.45, 2.75) is 46.5 Å². The van der Waals surface area contributed by atoms with E-state index < -0.39 is 5.41 Å². The summed E-state index contributed by atoms with van der Waals surface area (Å²) in [6, 6.07) is 7.58. The summed E-state index contributed by atoms with van der Waals surface area (Å²) in [7, 11) is 0. The molecule has 1 heterocycles. The van der Waals surface area contributed by atoms with Crippen molar-refractivity contribution in [3.8, 4) is 0 Å². The summed E-state index contributed by atoms with van der Waals surface area (Å²) < 4.78 is 1.11. The number of carbonyl (C=O) groups is 3. The Balaban J connectivity index is 1.57. The van der Waals surface area contributed by atoms with Crippen LogP contribution in [0.1, 0.15) is 46.5 Å². The second-order valence-corrected chi connectivity index (χ2v) is 9.34. The lowest BCUT2D eigenvalue weighted by molar-refractivity contribution is -0.168. The van der Waals surface area contributed by atoms with Crippen molar-refractivity contribution in [1.82, 2.24) is 4.90 Å². The first-order valence-corrected chi connectivity index (χ1v) is 10.2. The van der Waals surface area contributed by atoms with Crippen LogP contribution in [0, 0.1) is 20.3 Å². The lowest BCUT2D eigenvalue weighted by Gasteiger charge is -2.47. The van der Waals surface area contributed by atoms with Crippen molar-refractivity contribution in [1.29, 1.82) is 0 Å². The van der Waals surface area contributed by atoms with Gasteiger partial charge in [-0.15, -0.1) is 0 Å². The Morgan fingerprint density at radius 1 is 1.23 bits per heavy atom. The zero-order valence-corrected chi connectivity index (χ0v) is 17.6. The molecule has 5 nitrogen and oxygen atoms in total. The molecule has 1 N–H and O–H groups in total. The summed E-state index contributed by atoms with van der Waals surface area (Å²) in [4.78, 5) is 39.2. The number of imide groups is 1. The molecule has 3 rings (SSSR count). The maximum atomic E-state index is 12.9. The van der Waals surface area contributed by atoms with Gasteiger partial charge < -0.3 is 5.32 Å². The van der Waals surface area contributed by atoms with Gasteiger partial charge in [-0.25, -0.2) is 0 Å². The molecule has 1 aromatic rings. The average Bonchev–Trinajstić information content (AvgIpc) is 2.77. The molecule has 2 unspecified atom stereocenters. The first-order valence-electron chi connectivity index (χ1n) is 9.08. The summed E-state index contributed by atoms with van der Waals surface area (Å²) in [6.45, 7) is 6.37. The zero-order valence-electron chi connectivity index (χ0n) is 15.5. The first kappa shape index (κ1) is 19.3. The standard InChI is InChI=1S/C20H25IN2O3/c1-19(2)15-10-11-20(19,3)18(26)23(17(15)25)12-4-5-16(24)22-14-8-6-13(21)7-9-14/h6-9,15H,4-5,10-12H2,1-3H3,(H,22,24). The van der Waals surface area contributed by atoms with Crippen LogP contribution in [0.3, 0.4) is 0 Å². The summed E-state index contributed by atoms with van der Waals surface area (Å²) in [5.74, 6) is -0.323. The fourth-order valence-electron chi connectivity index (χ4n) is 4.27. The van der Waals surface area contributed by atoms with Crippen LogP contribution in [0.25, 0.3) is 0 Å². The van der Waals surface area contributed by atoms with E-state index >= 15 is 0 Å². The third-order valence-electron chi connectivity index (χ3n) is 6.42. The maximum absolute atomic E-state index is 12.9. The number of carbonyl (C=O) groups excluding carboxylic acids is 3. The predicted octanol–water partition coefficient (Wildman–Crippen LogP) is 3.82. The van der Waals surface area contributed by atoms with Gasteiger partial charge in [0.05, 0.1) is 5.41 Å². The number of anilines is 1. The van der Waals surface area contributed by atoms with E-state index in [4.69, 9.17) is 0 Å². The van der Waals surface area contributed by atoms with Gasteiger partial charge in [0.15, 0.2) is 0 Å². The lowest BCUT2D eigenvalue weighted by atomic mass is 9.62. The SMILES string of the molecule is CC12CCC(C(=O)N(CCCC(=O)Nc3ccc(I)cc3)C1=O)C2(C)C. The molecule has 1 aliphatic carbocycles. The molecule has 1 saturated carbocycles. The molecule has 1 aromatic carbocycles. The number of hydrogen-bond acceptors (Lipinski definition) is 3. The Morgan fingerprint density at radius 3 is 2.54 bits per heavy atom. The molecule has 0 spiro atoms. The molecule has 2 aliphatic rings. The number of nitrogens with one attached hydrogen (secondary N) is 1. The number of amides is 3. The molecular formula is C20H25IN2O3. The van der Waals surface area contributed by atoms with Crippen LogP contribution in [-0.2, 0) is 14.4 Å². The van der Waals surface area contributed by atoms with Crippen LogP contribution in [0.15, 0.2) is 24.3 Å². The Bertz CT molecular complexity index is 744. The van der Waals surface area contributed by atoms with Gasteiger partial charge in [0, 0.05) is 28.1 Å². The van der Waals surface area contributed by atoms with E-state index in [0.29, 0.717) is 13.0 Å². The minimum atomic E-state index is -0.477. The Labute approximate surface area is 168 Å². The largest absolute Gasteiger partial charge is 0.326 e. The van der Waals surface area contributed by atoms with E-state index in [2.05, 4.69) is 27.9 Å². The molecule has 6 heteroatoms. The van der Waals surface area contributed by atoms with Crippen molar-refractivity contribution in [3.05, 3.63) is 27.8 Å². The van der Waals surface area contributed by atoms with Crippen LogP contribution < -0.4 is 5.32 Å². The number of fused-ring (bicyclic) bond motifs is 2. The molecule has 1 aliphatic heterocycles. The third kappa shape index (κ3) is 3.17. The summed E-state index contributed by atoms with van der Waals surface area (Å²) in [5.41, 5.74) is -0.0117. The highest BCUT2D eigenvalue weighted by Gasteiger charge is 2.64. The number of hydrogen-bond donors (Lipinski definition) is 1. The Morgan fingerprint density at radius 2 is 1.88 bits per heavy atom. The van der Waals surface area contributed by atoms with Crippen molar-refractivity contribution in [2.75, 3.05) is 11.9 Å². The number of piperidine rings is 1. The monoisotopic (exact) mass is 468 g/mol. The van der Waals surface area contributed by atoms with E-state index in [1.165, 1.54) is 4.90 Å². The van der Waals surface area contributed by atoms with Crippen LogP contribution >= 0.6 is 22.6 Å². The third-order valence-corrected chi connectivity index (χ3v) is 7.14. The van der Waals surface area contributed by atoms with Gasteiger partial charge in [-0.05, 0) is 71.5 Å². The summed E-state index contributed by atoms with van der Waals surface area (Å²) in [5, 5.41) is 2.85. The molecular weight excluding hydrogens is 443 g/mol. The van der Waals surface area contributed by atoms with E-state index in [9.17, 15) is 14.4 Å². The fraction of sp³-hybridized carbons (Fsp3) is 0.550. The lowest BCUT2D eigenvalue weighted by Crippen LogP contribution is -2.59. The Hall–Kier alpha value is -1.44. The van der Waals surface area contributed by atoms with Gasteiger partial charge in [0.25, 0.3) is 0 Å². The zero-order chi connectivity index (χ0) is 19.1. The van der Waals surface area contributed by atoms with Gasteiger partial charge in [-0.1, -0.05) is 20.8 Å². The Kier molecular flexibility index (Phi) is 5.16. The summed E-state index contributed by atoms with van der Waals surface area (Å²) >= 11 is 2.21. The second-order valence-electron chi connectivity index (χ2n) is 8.10. The summed E-state index contributed by atoms with van der Waals surface area (Å²) in [6.07, 6.45) is 2.31. The number of halogens is 1. The molecule has 3 amide bonds. The number of benzene rings is 1. The average molecular weight is 468 g/mol.